The van der Waals surface area contributed by atoms with Gasteiger partial charge in [-0.2, -0.15) is 8.42 Å². The molecule has 59 valence electrons. The van der Waals surface area contributed by atoms with Crippen molar-refractivity contribution in [3.63, 3.8) is 0 Å². The lowest BCUT2D eigenvalue weighted by Gasteiger charge is -1.95. The Bertz CT molecular complexity index is 315. The zero-order valence-corrected chi connectivity index (χ0v) is 6.50. The van der Waals surface area contributed by atoms with Crippen LogP contribution in [0, 0.1) is 6.07 Å². The van der Waals surface area contributed by atoms with Crippen LogP contribution in [0.1, 0.15) is 5.56 Å². The lowest BCUT2D eigenvalue weighted by atomic mass is 10.2. The second-order valence-electron chi connectivity index (χ2n) is 2.14. The van der Waals surface area contributed by atoms with Crippen LogP contribution < -0.4 is 0 Å². The molecule has 0 spiro atoms. The molecule has 0 aliphatic carbocycles. The van der Waals surface area contributed by atoms with Crippen LogP contribution in [0.25, 0.3) is 0 Å². The van der Waals surface area contributed by atoms with E-state index in [0.29, 0.717) is 5.56 Å². The van der Waals surface area contributed by atoms with Crippen molar-refractivity contribution in [1.82, 2.24) is 0 Å². The molecular formula is C7H7O3S. The zero-order valence-electron chi connectivity index (χ0n) is 5.69. The largest absolute Gasteiger partial charge is 0.285 e. The highest BCUT2D eigenvalue weighted by atomic mass is 32.2. The van der Waals surface area contributed by atoms with Gasteiger partial charge >= 0.3 is 0 Å². The summed E-state index contributed by atoms with van der Waals surface area (Å²) < 4.78 is 29.1. The van der Waals surface area contributed by atoms with Crippen LogP contribution in [-0.4, -0.2) is 13.0 Å². The van der Waals surface area contributed by atoms with Gasteiger partial charge in [-0.3, -0.25) is 4.55 Å². The molecule has 0 amide bonds. The summed E-state index contributed by atoms with van der Waals surface area (Å²) in [5.74, 6) is -0.343. The summed E-state index contributed by atoms with van der Waals surface area (Å²) in [4.78, 5) is 0. The molecule has 0 aromatic heterocycles. The Kier molecular flexibility index (Phi) is 2.26. The van der Waals surface area contributed by atoms with Crippen LogP contribution >= 0.6 is 0 Å². The Morgan fingerprint density at radius 3 is 2.73 bits per heavy atom. The molecule has 0 bridgehead atoms. The topological polar surface area (TPSA) is 54.4 Å². The Balaban J connectivity index is 2.82. The quantitative estimate of drug-likeness (QED) is 0.672. The first-order valence-electron chi connectivity index (χ1n) is 2.98. The summed E-state index contributed by atoms with van der Waals surface area (Å²) in [6, 6.07) is 9.17. The molecule has 1 aromatic rings. The van der Waals surface area contributed by atoms with Gasteiger partial charge in [-0.25, -0.2) is 0 Å². The van der Waals surface area contributed by atoms with E-state index in [-0.39, 0.29) is 5.75 Å². The van der Waals surface area contributed by atoms with Crippen LogP contribution in [0.2, 0.25) is 0 Å². The van der Waals surface area contributed by atoms with Gasteiger partial charge in [-0.1, -0.05) is 24.3 Å². The highest BCUT2D eigenvalue weighted by Gasteiger charge is 2.04. The highest BCUT2D eigenvalue weighted by molar-refractivity contribution is 7.85. The molecule has 1 rings (SSSR count). The van der Waals surface area contributed by atoms with Gasteiger partial charge in [-0.15, -0.1) is 0 Å². The monoisotopic (exact) mass is 171 g/mol. The summed E-state index contributed by atoms with van der Waals surface area (Å²) in [7, 11) is -3.90. The van der Waals surface area contributed by atoms with Crippen LogP contribution in [0.3, 0.4) is 0 Å². The van der Waals surface area contributed by atoms with Crippen LogP contribution in [0.15, 0.2) is 24.3 Å². The predicted molar refractivity (Wildman–Crippen MR) is 40.5 cm³/mol. The molecule has 0 fully saturated rings. The summed E-state index contributed by atoms with van der Waals surface area (Å²) in [5.41, 5.74) is 0.537. The van der Waals surface area contributed by atoms with Gasteiger partial charge in [-0.05, 0) is 11.6 Å². The minimum absolute atomic E-state index is 0.343. The van der Waals surface area contributed by atoms with Gasteiger partial charge in [0, 0.05) is 0 Å². The van der Waals surface area contributed by atoms with Crippen molar-refractivity contribution in [2.24, 2.45) is 0 Å². The summed E-state index contributed by atoms with van der Waals surface area (Å²) in [5, 5.41) is 0. The molecule has 0 aliphatic heterocycles. The Labute approximate surface area is 65.4 Å². The molecule has 1 radical (unpaired) electrons. The van der Waals surface area contributed by atoms with E-state index in [1.807, 2.05) is 0 Å². The number of hydrogen-bond acceptors (Lipinski definition) is 2. The fourth-order valence-electron chi connectivity index (χ4n) is 0.731. The second-order valence-corrected chi connectivity index (χ2v) is 3.59. The Morgan fingerprint density at radius 2 is 2.27 bits per heavy atom. The minimum Gasteiger partial charge on any atom is -0.285 e. The fourth-order valence-corrected chi connectivity index (χ4v) is 1.33. The lowest BCUT2D eigenvalue weighted by Crippen LogP contribution is -2.00. The molecule has 1 aromatic carbocycles. The van der Waals surface area contributed by atoms with E-state index < -0.39 is 10.1 Å². The number of benzene rings is 1. The van der Waals surface area contributed by atoms with Crippen molar-refractivity contribution < 1.29 is 13.0 Å². The maximum absolute atomic E-state index is 10.3. The van der Waals surface area contributed by atoms with E-state index in [2.05, 4.69) is 6.07 Å². The Morgan fingerprint density at radius 1 is 1.55 bits per heavy atom. The molecule has 11 heavy (non-hydrogen) atoms. The molecule has 0 saturated heterocycles. The third-order valence-electron chi connectivity index (χ3n) is 1.12. The standard InChI is InChI=1S/C7H7O3S/c8-11(9,10)6-7-4-2-1-3-5-7/h1-2,4-5H,6H2,(H,8,9,10). The van der Waals surface area contributed by atoms with Crippen molar-refractivity contribution in [2.75, 3.05) is 0 Å². The van der Waals surface area contributed by atoms with E-state index in [1.54, 1.807) is 18.2 Å². The van der Waals surface area contributed by atoms with Crippen molar-refractivity contribution in [2.45, 2.75) is 5.75 Å². The average molecular weight is 171 g/mol. The van der Waals surface area contributed by atoms with Crippen molar-refractivity contribution in [3.8, 4) is 0 Å². The molecule has 4 heteroatoms. The first-order chi connectivity index (χ1) is 5.08. The van der Waals surface area contributed by atoms with E-state index in [4.69, 9.17) is 4.55 Å². The third-order valence-corrected chi connectivity index (χ3v) is 1.82. The van der Waals surface area contributed by atoms with Gasteiger partial charge in [0.2, 0.25) is 0 Å². The van der Waals surface area contributed by atoms with Crippen LogP contribution in [0.5, 0.6) is 0 Å². The van der Waals surface area contributed by atoms with E-state index in [1.165, 1.54) is 6.07 Å². The van der Waals surface area contributed by atoms with E-state index in [0.717, 1.165) is 0 Å². The maximum Gasteiger partial charge on any atom is 0.269 e. The minimum atomic E-state index is -3.90. The molecule has 1 N–H and O–H groups in total. The SMILES string of the molecule is O=S(=O)(O)Cc1c[c]ccc1. The van der Waals surface area contributed by atoms with Crippen LogP contribution in [-0.2, 0) is 15.9 Å². The predicted octanol–water partition coefficient (Wildman–Crippen LogP) is 0.875. The van der Waals surface area contributed by atoms with Gasteiger partial charge in [0.05, 0.1) is 0 Å². The second kappa shape index (κ2) is 3.02. The molecule has 0 aliphatic rings. The van der Waals surface area contributed by atoms with E-state index in [9.17, 15) is 8.42 Å². The van der Waals surface area contributed by atoms with Crippen LogP contribution in [0.4, 0.5) is 0 Å². The maximum atomic E-state index is 10.3. The number of rotatable bonds is 2. The summed E-state index contributed by atoms with van der Waals surface area (Å²) in [6.07, 6.45) is 0. The van der Waals surface area contributed by atoms with Gasteiger partial charge < -0.3 is 0 Å². The lowest BCUT2D eigenvalue weighted by molar-refractivity contribution is 0.482. The Hall–Kier alpha value is -0.870. The molecule has 3 nitrogen and oxygen atoms in total. The third kappa shape index (κ3) is 3.15. The molecule has 0 atom stereocenters. The van der Waals surface area contributed by atoms with Gasteiger partial charge in [0.1, 0.15) is 5.75 Å². The van der Waals surface area contributed by atoms with Crippen molar-refractivity contribution in [3.05, 3.63) is 35.9 Å². The first kappa shape index (κ1) is 8.23. The smallest absolute Gasteiger partial charge is 0.269 e. The van der Waals surface area contributed by atoms with Crippen molar-refractivity contribution in [1.29, 1.82) is 0 Å². The molecule has 0 heterocycles. The van der Waals surface area contributed by atoms with E-state index >= 15 is 0 Å². The fraction of sp³-hybridized carbons (Fsp3) is 0.143. The molecule has 0 unspecified atom stereocenters. The normalized spacial score (nSPS) is 11.4. The first-order valence-corrected chi connectivity index (χ1v) is 4.59. The summed E-state index contributed by atoms with van der Waals surface area (Å²) >= 11 is 0. The van der Waals surface area contributed by atoms with Gasteiger partial charge in [0.25, 0.3) is 10.1 Å². The molecule has 0 saturated carbocycles. The average Bonchev–Trinajstić information content (AvgIpc) is 1.85. The van der Waals surface area contributed by atoms with Gasteiger partial charge in [0.15, 0.2) is 0 Å². The number of hydrogen-bond donors (Lipinski definition) is 1. The molecular weight excluding hydrogens is 164 g/mol. The highest BCUT2D eigenvalue weighted by Crippen LogP contribution is 2.02. The van der Waals surface area contributed by atoms with Crippen molar-refractivity contribution >= 4 is 10.1 Å². The zero-order chi connectivity index (χ0) is 8.32. The summed E-state index contributed by atoms with van der Waals surface area (Å²) in [6.45, 7) is 0.